The maximum Gasteiger partial charge on any atom is 0.225 e. The minimum Gasteiger partial charge on any atom is -0.375 e. The number of carbonyl (C=O) groups is 1. The SMILES string of the molecule is O=C(C1CC1)N1CCC2(CC1)CC(N1CCN(c3ccccc3)CC1)CCO2. The van der Waals surface area contributed by atoms with Crippen LogP contribution in [0.15, 0.2) is 30.3 Å². The van der Waals surface area contributed by atoms with Crippen LogP contribution in [0.4, 0.5) is 5.69 Å². The van der Waals surface area contributed by atoms with Gasteiger partial charge in [-0.3, -0.25) is 9.69 Å². The highest BCUT2D eigenvalue weighted by atomic mass is 16.5. The van der Waals surface area contributed by atoms with E-state index in [4.69, 9.17) is 4.74 Å². The highest BCUT2D eigenvalue weighted by Gasteiger charge is 2.44. The summed E-state index contributed by atoms with van der Waals surface area (Å²) in [5.74, 6) is 0.745. The fourth-order valence-corrected chi connectivity index (χ4v) is 5.37. The molecule has 0 N–H and O–H groups in total. The number of rotatable bonds is 3. The zero-order chi connectivity index (χ0) is 19.0. The Morgan fingerprint density at radius 2 is 1.64 bits per heavy atom. The highest BCUT2D eigenvalue weighted by Crippen LogP contribution is 2.39. The predicted molar refractivity (Wildman–Crippen MR) is 110 cm³/mol. The molecule has 1 spiro atoms. The van der Waals surface area contributed by atoms with Gasteiger partial charge in [-0.2, -0.15) is 0 Å². The number of nitrogens with zero attached hydrogens (tertiary/aromatic N) is 3. The Balaban J connectivity index is 1.15. The van der Waals surface area contributed by atoms with Crippen molar-refractivity contribution in [3.63, 3.8) is 0 Å². The van der Waals surface area contributed by atoms with Gasteiger partial charge in [-0.15, -0.1) is 0 Å². The minimum absolute atomic E-state index is 0.0137. The summed E-state index contributed by atoms with van der Waals surface area (Å²) in [5, 5.41) is 0. The topological polar surface area (TPSA) is 36.0 Å². The largest absolute Gasteiger partial charge is 0.375 e. The van der Waals surface area contributed by atoms with Gasteiger partial charge in [0.1, 0.15) is 0 Å². The smallest absolute Gasteiger partial charge is 0.225 e. The minimum atomic E-state index is 0.0137. The Hall–Kier alpha value is -1.59. The van der Waals surface area contributed by atoms with Gasteiger partial charge in [0.05, 0.1) is 5.60 Å². The summed E-state index contributed by atoms with van der Waals surface area (Å²) in [6.07, 6.45) is 6.54. The second-order valence-corrected chi connectivity index (χ2v) is 9.14. The molecule has 1 aromatic carbocycles. The lowest BCUT2D eigenvalue weighted by Gasteiger charge is -2.50. The number of hydrogen-bond acceptors (Lipinski definition) is 4. The van der Waals surface area contributed by atoms with Crippen LogP contribution in [-0.2, 0) is 9.53 Å². The van der Waals surface area contributed by atoms with E-state index in [0.29, 0.717) is 17.9 Å². The molecule has 0 aromatic heterocycles. The van der Waals surface area contributed by atoms with Gasteiger partial charge in [0.15, 0.2) is 0 Å². The monoisotopic (exact) mass is 383 g/mol. The van der Waals surface area contributed by atoms with E-state index < -0.39 is 0 Å². The molecule has 1 amide bonds. The van der Waals surface area contributed by atoms with E-state index in [-0.39, 0.29) is 5.60 Å². The fraction of sp³-hybridized carbons (Fsp3) is 0.696. The Labute approximate surface area is 168 Å². The first-order chi connectivity index (χ1) is 13.7. The van der Waals surface area contributed by atoms with Gasteiger partial charge in [-0.25, -0.2) is 0 Å². The Bertz CT molecular complexity index is 674. The molecule has 5 heteroatoms. The number of piperidine rings is 1. The Morgan fingerprint density at radius 1 is 0.929 bits per heavy atom. The van der Waals surface area contributed by atoms with Gasteiger partial charge in [-0.05, 0) is 50.7 Å². The zero-order valence-electron chi connectivity index (χ0n) is 16.9. The molecule has 1 atom stereocenters. The molecule has 4 fully saturated rings. The van der Waals surface area contributed by atoms with E-state index >= 15 is 0 Å². The first-order valence-corrected chi connectivity index (χ1v) is 11.2. The summed E-state index contributed by atoms with van der Waals surface area (Å²) >= 11 is 0. The van der Waals surface area contributed by atoms with Crippen LogP contribution < -0.4 is 4.90 Å². The van der Waals surface area contributed by atoms with E-state index in [0.717, 1.165) is 84.4 Å². The average Bonchev–Trinajstić information content (AvgIpc) is 3.60. The molecular weight excluding hydrogens is 350 g/mol. The standard InChI is InChI=1S/C23H33N3O2/c27-22(19-6-7-19)26-11-9-23(10-12-26)18-21(8-17-28-23)25-15-13-24(14-16-25)20-4-2-1-3-5-20/h1-5,19,21H,6-18H2. The number of likely N-dealkylation sites (tertiary alicyclic amines) is 1. The molecule has 3 saturated heterocycles. The molecule has 4 aliphatic rings. The summed E-state index contributed by atoms with van der Waals surface area (Å²) in [7, 11) is 0. The fourth-order valence-electron chi connectivity index (χ4n) is 5.37. The molecule has 0 bridgehead atoms. The molecule has 5 nitrogen and oxygen atoms in total. The molecule has 1 aromatic rings. The third-order valence-electron chi connectivity index (χ3n) is 7.33. The summed E-state index contributed by atoms with van der Waals surface area (Å²) in [6.45, 7) is 7.16. The number of anilines is 1. The molecular formula is C23H33N3O2. The van der Waals surface area contributed by atoms with Crippen molar-refractivity contribution in [2.24, 2.45) is 5.92 Å². The van der Waals surface area contributed by atoms with Crippen molar-refractivity contribution in [3.05, 3.63) is 30.3 Å². The summed E-state index contributed by atoms with van der Waals surface area (Å²) in [4.78, 5) is 19.7. The molecule has 1 saturated carbocycles. The molecule has 28 heavy (non-hydrogen) atoms. The average molecular weight is 384 g/mol. The molecule has 1 aliphatic carbocycles. The number of para-hydroxylation sites is 1. The number of piperazine rings is 1. The number of ether oxygens (including phenoxy) is 1. The lowest BCUT2D eigenvalue weighted by molar-refractivity contribution is -0.150. The molecule has 1 unspecified atom stereocenters. The molecule has 0 radical (unpaired) electrons. The number of benzene rings is 1. The van der Waals surface area contributed by atoms with Crippen LogP contribution in [0.1, 0.15) is 38.5 Å². The molecule has 152 valence electrons. The van der Waals surface area contributed by atoms with Crippen LogP contribution in [0, 0.1) is 5.92 Å². The van der Waals surface area contributed by atoms with Gasteiger partial charge < -0.3 is 14.5 Å². The first kappa shape index (κ1) is 18.4. The third-order valence-corrected chi connectivity index (χ3v) is 7.33. The van der Waals surface area contributed by atoms with Crippen molar-refractivity contribution in [2.75, 3.05) is 50.8 Å². The van der Waals surface area contributed by atoms with E-state index in [1.807, 2.05) is 0 Å². The summed E-state index contributed by atoms with van der Waals surface area (Å²) in [6, 6.07) is 11.4. The lowest BCUT2D eigenvalue weighted by atomic mass is 9.81. The lowest BCUT2D eigenvalue weighted by Crippen LogP contribution is -2.57. The Morgan fingerprint density at radius 3 is 2.32 bits per heavy atom. The van der Waals surface area contributed by atoms with E-state index in [1.165, 1.54) is 5.69 Å². The van der Waals surface area contributed by atoms with Crippen molar-refractivity contribution >= 4 is 11.6 Å². The van der Waals surface area contributed by atoms with Crippen molar-refractivity contribution in [1.29, 1.82) is 0 Å². The molecule has 3 heterocycles. The van der Waals surface area contributed by atoms with Crippen molar-refractivity contribution in [3.8, 4) is 0 Å². The number of amides is 1. The van der Waals surface area contributed by atoms with Crippen LogP contribution in [0.2, 0.25) is 0 Å². The van der Waals surface area contributed by atoms with Crippen LogP contribution in [0.25, 0.3) is 0 Å². The van der Waals surface area contributed by atoms with Crippen molar-refractivity contribution < 1.29 is 9.53 Å². The maximum atomic E-state index is 12.4. The van der Waals surface area contributed by atoms with Crippen LogP contribution in [-0.4, -0.2) is 73.2 Å². The normalized spacial score (nSPS) is 28.5. The second-order valence-electron chi connectivity index (χ2n) is 9.14. The molecule has 3 aliphatic heterocycles. The van der Waals surface area contributed by atoms with E-state index in [2.05, 4.69) is 45.0 Å². The van der Waals surface area contributed by atoms with E-state index in [1.54, 1.807) is 0 Å². The Kier molecular flexibility index (Phi) is 5.06. The first-order valence-electron chi connectivity index (χ1n) is 11.2. The van der Waals surface area contributed by atoms with Crippen LogP contribution >= 0.6 is 0 Å². The maximum absolute atomic E-state index is 12.4. The second kappa shape index (κ2) is 7.68. The van der Waals surface area contributed by atoms with Gasteiger partial charge in [0.2, 0.25) is 5.91 Å². The highest BCUT2D eigenvalue weighted by molar-refractivity contribution is 5.81. The molecule has 5 rings (SSSR count). The third kappa shape index (κ3) is 3.79. The van der Waals surface area contributed by atoms with Gasteiger partial charge >= 0.3 is 0 Å². The van der Waals surface area contributed by atoms with Gasteiger partial charge in [-0.1, -0.05) is 18.2 Å². The zero-order valence-corrected chi connectivity index (χ0v) is 16.9. The number of hydrogen-bond donors (Lipinski definition) is 0. The van der Waals surface area contributed by atoms with Crippen molar-refractivity contribution in [2.45, 2.75) is 50.2 Å². The van der Waals surface area contributed by atoms with Crippen LogP contribution in [0.5, 0.6) is 0 Å². The number of carbonyl (C=O) groups excluding carboxylic acids is 1. The van der Waals surface area contributed by atoms with Crippen molar-refractivity contribution in [1.82, 2.24) is 9.80 Å². The van der Waals surface area contributed by atoms with Crippen LogP contribution in [0.3, 0.4) is 0 Å². The van der Waals surface area contributed by atoms with E-state index in [9.17, 15) is 4.79 Å². The summed E-state index contributed by atoms with van der Waals surface area (Å²) < 4.78 is 6.35. The van der Waals surface area contributed by atoms with Gasteiger partial charge in [0.25, 0.3) is 0 Å². The summed E-state index contributed by atoms with van der Waals surface area (Å²) in [5.41, 5.74) is 1.36. The van der Waals surface area contributed by atoms with Gasteiger partial charge in [0, 0.05) is 63.5 Å². The predicted octanol–water partition coefficient (Wildman–Crippen LogP) is 2.76. The quantitative estimate of drug-likeness (QED) is 0.804.